The summed E-state index contributed by atoms with van der Waals surface area (Å²) in [7, 11) is 0. The van der Waals surface area contributed by atoms with Gasteiger partial charge in [0.2, 0.25) is 11.3 Å². The second kappa shape index (κ2) is 5.23. The second-order valence-corrected chi connectivity index (χ2v) is 4.89. The minimum absolute atomic E-state index is 0.0923. The maximum Gasteiger partial charge on any atom is 0.411 e. The molecular formula is C13H13F6NO. The van der Waals surface area contributed by atoms with E-state index < -0.39 is 23.7 Å². The molecule has 1 aromatic rings. The molecule has 0 saturated carbocycles. The lowest BCUT2D eigenvalue weighted by Gasteiger charge is -2.32. The zero-order valence-corrected chi connectivity index (χ0v) is 11.4. The molecule has 118 valence electrons. The molecule has 1 N–H and O–H groups in total. The summed E-state index contributed by atoms with van der Waals surface area (Å²) in [5, 5.41) is 1.71. The van der Waals surface area contributed by atoms with Crippen molar-refractivity contribution in [2.75, 3.05) is 5.32 Å². The average molecular weight is 313 g/mol. The number of hydrogen-bond acceptors (Lipinski definition) is 1. The Morgan fingerprint density at radius 1 is 1.00 bits per heavy atom. The highest BCUT2D eigenvalue weighted by atomic mass is 19.4. The lowest BCUT2D eigenvalue weighted by atomic mass is 9.87. The van der Waals surface area contributed by atoms with Crippen LogP contribution in [0, 0.1) is 19.3 Å². The Hall–Kier alpha value is -1.73. The van der Waals surface area contributed by atoms with Crippen molar-refractivity contribution in [3.05, 3.63) is 29.3 Å². The Morgan fingerprint density at radius 2 is 1.48 bits per heavy atom. The Labute approximate surface area is 117 Å². The van der Waals surface area contributed by atoms with E-state index in [1.165, 1.54) is 25.1 Å². The van der Waals surface area contributed by atoms with Crippen molar-refractivity contribution in [3.63, 3.8) is 0 Å². The molecule has 0 fully saturated rings. The van der Waals surface area contributed by atoms with E-state index in [1.807, 2.05) is 0 Å². The van der Waals surface area contributed by atoms with Gasteiger partial charge in [0.15, 0.2) is 0 Å². The first kappa shape index (κ1) is 17.3. The van der Waals surface area contributed by atoms with Crippen molar-refractivity contribution in [2.45, 2.75) is 33.1 Å². The van der Waals surface area contributed by atoms with E-state index in [4.69, 9.17) is 0 Å². The normalized spacial score (nSPS) is 13.2. The highest BCUT2D eigenvalue weighted by molar-refractivity contribution is 5.96. The minimum atomic E-state index is -5.76. The molecular weight excluding hydrogens is 300 g/mol. The summed E-state index contributed by atoms with van der Waals surface area (Å²) >= 11 is 0. The number of halogens is 6. The minimum Gasteiger partial charge on any atom is -0.325 e. The predicted octanol–water partition coefficient (Wildman–Crippen LogP) is 4.37. The van der Waals surface area contributed by atoms with Gasteiger partial charge >= 0.3 is 12.4 Å². The van der Waals surface area contributed by atoms with Crippen LogP contribution in [0.2, 0.25) is 0 Å². The molecule has 2 nitrogen and oxygen atoms in total. The van der Waals surface area contributed by atoms with Crippen molar-refractivity contribution in [3.8, 4) is 0 Å². The number of alkyl halides is 6. The molecule has 8 heteroatoms. The number of amides is 1. The zero-order chi connectivity index (χ0) is 16.6. The van der Waals surface area contributed by atoms with Crippen molar-refractivity contribution >= 4 is 11.6 Å². The molecule has 0 bridgehead atoms. The van der Waals surface area contributed by atoms with E-state index in [9.17, 15) is 31.1 Å². The van der Waals surface area contributed by atoms with E-state index in [0.717, 1.165) is 5.56 Å². The van der Waals surface area contributed by atoms with Gasteiger partial charge in [0.05, 0.1) is 0 Å². The van der Waals surface area contributed by atoms with Gasteiger partial charge in [0.1, 0.15) is 0 Å². The van der Waals surface area contributed by atoms with Crippen LogP contribution in [0.25, 0.3) is 0 Å². The van der Waals surface area contributed by atoms with E-state index >= 15 is 0 Å². The molecule has 1 rings (SSSR count). The third-order valence-corrected chi connectivity index (χ3v) is 3.22. The van der Waals surface area contributed by atoms with Gasteiger partial charge in [-0.1, -0.05) is 17.7 Å². The summed E-state index contributed by atoms with van der Waals surface area (Å²) in [5.41, 5.74) is -3.43. The van der Waals surface area contributed by atoms with Crippen LogP contribution >= 0.6 is 0 Å². The second-order valence-electron chi connectivity index (χ2n) is 4.89. The Morgan fingerprint density at radius 3 is 1.86 bits per heavy atom. The summed E-state index contributed by atoms with van der Waals surface area (Å²) in [6, 6.07) is 4.27. The van der Waals surface area contributed by atoms with Gasteiger partial charge in [-0.15, -0.1) is 0 Å². The van der Waals surface area contributed by atoms with Crippen molar-refractivity contribution in [1.29, 1.82) is 0 Å². The smallest absolute Gasteiger partial charge is 0.325 e. The van der Waals surface area contributed by atoms with E-state index in [2.05, 4.69) is 0 Å². The fraction of sp³-hybridized carbons (Fsp3) is 0.462. The standard InChI is InChI=1S/C13H13F6NO/c1-7-4-5-9(8(2)6-7)20-10(21)11(3,12(14,15)16)13(17,18)19/h4-6H,1-3H3,(H,20,21). The summed E-state index contributed by atoms with van der Waals surface area (Å²) < 4.78 is 76.4. The zero-order valence-electron chi connectivity index (χ0n) is 11.4. The van der Waals surface area contributed by atoms with Gasteiger partial charge in [-0.2, -0.15) is 26.3 Å². The molecule has 0 radical (unpaired) electrons. The maximum absolute atomic E-state index is 12.7. The fourth-order valence-electron chi connectivity index (χ4n) is 1.62. The highest BCUT2D eigenvalue weighted by Gasteiger charge is 2.72. The molecule has 0 aliphatic heterocycles. The van der Waals surface area contributed by atoms with Gasteiger partial charge in [0, 0.05) is 5.69 Å². The van der Waals surface area contributed by atoms with Crippen molar-refractivity contribution < 1.29 is 31.1 Å². The van der Waals surface area contributed by atoms with Crippen LogP contribution in [0.5, 0.6) is 0 Å². The first-order valence-corrected chi connectivity index (χ1v) is 5.83. The number of anilines is 1. The van der Waals surface area contributed by atoms with Crippen LogP contribution in [0.4, 0.5) is 32.0 Å². The largest absolute Gasteiger partial charge is 0.411 e. The first-order chi connectivity index (χ1) is 9.30. The SMILES string of the molecule is Cc1ccc(NC(=O)C(C)(C(F)(F)F)C(F)(F)F)c(C)c1. The third-order valence-electron chi connectivity index (χ3n) is 3.22. The van der Waals surface area contributed by atoms with Crippen LogP contribution in [0.3, 0.4) is 0 Å². The maximum atomic E-state index is 12.7. The van der Waals surface area contributed by atoms with Crippen LogP contribution in [-0.4, -0.2) is 18.3 Å². The van der Waals surface area contributed by atoms with Gasteiger partial charge in [-0.25, -0.2) is 0 Å². The number of benzene rings is 1. The number of rotatable bonds is 2. The summed E-state index contributed by atoms with van der Waals surface area (Å²) in [5.74, 6) is -2.16. The Bertz CT molecular complexity index is 533. The topological polar surface area (TPSA) is 29.1 Å². The van der Waals surface area contributed by atoms with Crippen LogP contribution in [0.15, 0.2) is 18.2 Å². The van der Waals surface area contributed by atoms with E-state index in [0.29, 0.717) is 5.56 Å². The fourth-order valence-corrected chi connectivity index (χ4v) is 1.62. The molecule has 0 aliphatic carbocycles. The monoisotopic (exact) mass is 313 g/mol. The van der Waals surface area contributed by atoms with Crippen LogP contribution in [-0.2, 0) is 4.79 Å². The molecule has 0 spiro atoms. The van der Waals surface area contributed by atoms with Gasteiger partial charge in [-0.3, -0.25) is 4.79 Å². The van der Waals surface area contributed by atoms with Gasteiger partial charge in [0.25, 0.3) is 0 Å². The lowest BCUT2D eigenvalue weighted by Crippen LogP contribution is -2.55. The molecule has 1 amide bonds. The van der Waals surface area contributed by atoms with Crippen LogP contribution < -0.4 is 5.32 Å². The molecule has 1 aromatic carbocycles. The summed E-state index contributed by atoms with van der Waals surface area (Å²) in [4.78, 5) is 11.6. The number of hydrogen-bond donors (Lipinski definition) is 1. The van der Waals surface area contributed by atoms with Crippen molar-refractivity contribution in [1.82, 2.24) is 0 Å². The Balaban J connectivity index is 3.20. The molecule has 0 atom stereocenters. The molecule has 0 unspecified atom stereocenters. The van der Waals surface area contributed by atoms with Gasteiger partial charge < -0.3 is 5.32 Å². The van der Waals surface area contributed by atoms with Gasteiger partial charge in [-0.05, 0) is 32.4 Å². The van der Waals surface area contributed by atoms with E-state index in [-0.39, 0.29) is 12.6 Å². The average Bonchev–Trinajstić information content (AvgIpc) is 2.28. The summed E-state index contributed by atoms with van der Waals surface area (Å²) in [6.45, 7) is 3.00. The quantitative estimate of drug-likeness (QED) is 0.807. The van der Waals surface area contributed by atoms with Crippen molar-refractivity contribution in [2.24, 2.45) is 5.41 Å². The van der Waals surface area contributed by atoms with E-state index in [1.54, 1.807) is 12.2 Å². The van der Waals surface area contributed by atoms with Crippen LogP contribution in [0.1, 0.15) is 18.1 Å². The third kappa shape index (κ3) is 3.14. The summed E-state index contributed by atoms with van der Waals surface area (Å²) in [6.07, 6.45) is -11.5. The lowest BCUT2D eigenvalue weighted by molar-refractivity contribution is -0.317. The number of carbonyl (C=O) groups excluding carboxylic acids is 1. The Kier molecular flexibility index (Phi) is 4.32. The number of nitrogens with one attached hydrogen (secondary N) is 1. The highest BCUT2D eigenvalue weighted by Crippen LogP contribution is 2.50. The molecule has 21 heavy (non-hydrogen) atoms. The molecule has 0 aromatic heterocycles. The number of aryl methyl sites for hydroxylation is 2. The molecule has 0 heterocycles. The number of carbonyl (C=O) groups is 1. The first-order valence-electron chi connectivity index (χ1n) is 5.83. The molecule has 0 aliphatic rings. The predicted molar refractivity (Wildman–Crippen MR) is 64.8 cm³/mol. The molecule has 0 saturated heterocycles.